The standard InChI is InChI=1S/C18H26N4O4/c1-4-20(5-2)17(23)13-19(3)18(24)14-8-9-15(16(12-14)22(25)26)21-10-6-7-11-21/h8-9,12H,4-7,10-11,13H2,1-3H3. The van der Waals surface area contributed by atoms with Gasteiger partial charge in [0.2, 0.25) is 5.91 Å². The third-order valence-electron chi connectivity index (χ3n) is 4.70. The van der Waals surface area contributed by atoms with Gasteiger partial charge in [0.1, 0.15) is 5.69 Å². The predicted molar refractivity (Wildman–Crippen MR) is 99.4 cm³/mol. The number of anilines is 1. The van der Waals surface area contributed by atoms with E-state index in [0.717, 1.165) is 25.9 Å². The SMILES string of the molecule is CCN(CC)C(=O)CN(C)C(=O)c1ccc(N2CCCC2)c([N+](=O)[O-])c1. The Bertz CT molecular complexity index is 682. The zero-order valence-electron chi connectivity index (χ0n) is 15.6. The number of carbonyl (C=O) groups excluding carboxylic acids is 2. The summed E-state index contributed by atoms with van der Waals surface area (Å²) in [5.41, 5.74) is 0.696. The van der Waals surface area contributed by atoms with Gasteiger partial charge >= 0.3 is 0 Å². The molecule has 8 nitrogen and oxygen atoms in total. The van der Waals surface area contributed by atoms with Crippen LogP contribution in [0.25, 0.3) is 0 Å². The van der Waals surface area contributed by atoms with Crippen molar-refractivity contribution in [2.24, 2.45) is 0 Å². The molecule has 1 heterocycles. The third kappa shape index (κ3) is 4.30. The number of rotatable bonds is 7. The highest BCUT2D eigenvalue weighted by molar-refractivity contribution is 5.97. The Morgan fingerprint density at radius 1 is 1.19 bits per heavy atom. The van der Waals surface area contributed by atoms with Crippen LogP contribution >= 0.6 is 0 Å². The van der Waals surface area contributed by atoms with Crippen molar-refractivity contribution in [3.8, 4) is 0 Å². The number of amides is 2. The van der Waals surface area contributed by atoms with Gasteiger partial charge in [0.05, 0.1) is 11.5 Å². The minimum atomic E-state index is -0.453. The van der Waals surface area contributed by atoms with Crippen molar-refractivity contribution in [1.29, 1.82) is 0 Å². The van der Waals surface area contributed by atoms with Crippen LogP contribution in [0.1, 0.15) is 37.0 Å². The molecule has 0 saturated carbocycles. The van der Waals surface area contributed by atoms with Crippen LogP contribution in [0.15, 0.2) is 18.2 Å². The Labute approximate surface area is 153 Å². The van der Waals surface area contributed by atoms with Gasteiger partial charge in [-0.2, -0.15) is 0 Å². The summed E-state index contributed by atoms with van der Waals surface area (Å²) in [5, 5.41) is 11.5. The Morgan fingerprint density at radius 2 is 1.81 bits per heavy atom. The summed E-state index contributed by atoms with van der Waals surface area (Å²) in [7, 11) is 1.53. The van der Waals surface area contributed by atoms with E-state index in [1.807, 2.05) is 18.7 Å². The second-order valence-electron chi connectivity index (χ2n) is 6.38. The normalized spacial score (nSPS) is 13.6. The highest BCUT2D eigenvalue weighted by atomic mass is 16.6. The van der Waals surface area contributed by atoms with Crippen molar-refractivity contribution in [3.05, 3.63) is 33.9 Å². The van der Waals surface area contributed by atoms with Crippen LogP contribution in [0.2, 0.25) is 0 Å². The molecule has 1 aromatic carbocycles. The Balaban J connectivity index is 2.19. The van der Waals surface area contributed by atoms with Crippen LogP contribution in [-0.2, 0) is 4.79 Å². The van der Waals surface area contributed by atoms with Crippen molar-refractivity contribution in [2.45, 2.75) is 26.7 Å². The van der Waals surface area contributed by atoms with Crippen molar-refractivity contribution in [2.75, 3.05) is 44.7 Å². The van der Waals surface area contributed by atoms with Gasteiger partial charge in [-0.3, -0.25) is 19.7 Å². The molecule has 0 N–H and O–H groups in total. The van der Waals surface area contributed by atoms with Crippen LogP contribution in [0.3, 0.4) is 0 Å². The zero-order chi connectivity index (χ0) is 19.3. The molecule has 1 saturated heterocycles. The van der Waals surface area contributed by atoms with E-state index in [1.165, 1.54) is 18.0 Å². The van der Waals surface area contributed by atoms with E-state index in [0.29, 0.717) is 18.8 Å². The summed E-state index contributed by atoms with van der Waals surface area (Å²) in [6.07, 6.45) is 2.02. The smallest absolute Gasteiger partial charge is 0.293 e. The van der Waals surface area contributed by atoms with E-state index in [9.17, 15) is 19.7 Å². The molecule has 0 bridgehead atoms. The van der Waals surface area contributed by atoms with E-state index in [-0.39, 0.29) is 23.7 Å². The average Bonchev–Trinajstić information content (AvgIpc) is 3.16. The van der Waals surface area contributed by atoms with Crippen LogP contribution in [0.4, 0.5) is 11.4 Å². The highest BCUT2D eigenvalue weighted by Gasteiger charge is 2.25. The average molecular weight is 362 g/mol. The lowest BCUT2D eigenvalue weighted by atomic mass is 10.1. The Kier molecular flexibility index (Phi) is 6.54. The minimum Gasteiger partial charge on any atom is -0.366 e. The monoisotopic (exact) mass is 362 g/mol. The molecule has 0 atom stereocenters. The molecule has 2 rings (SSSR count). The molecule has 1 aliphatic rings. The Morgan fingerprint density at radius 3 is 2.35 bits per heavy atom. The minimum absolute atomic E-state index is 0.0534. The van der Waals surface area contributed by atoms with Gasteiger partial charge in [-0.25, -0.2) is 0 Å². The maximum absolute atomic E-state index is 12.6. The molecule has 0 aromatic heterocycles. The van der Waals surface area contributed by atoms with Crippen molar-refractivity contribution >= 4 is 23.2 Å². The summed E-state index contributed by atoms with van der Waals surface area (Å²) >= 11 is 0. The van der Waals surface area contributed by atoms with E-state index >= 15 is 0 Å². The molecule has 0 radical (unpaired) electrons. The third-order valence-corrected chi connectivity index (χ3v) is 4.70. The quantitative estimate of drug-likeness (QED) is 0.548. The first-order valence-electron chi connectivity index (χ1n) is 8.95. The largest absolute Gasteiger partial charge is 0.366 e. The molecule has 142 valence electrons. The van der Waals surface area contributed by atoms with Gasteiger partial charge in [0.25, 0.3) is 11.6 Å². The topological polar surface area (TPSA) is 87.0 Å². The van der Waals surface area contributed by atoms with Gasteiger partial charge < -0.3 is 14.7 Å². The van der Waals surface area contributed by atoms with E-state index in [4.69, 9.17) is 0 Å². The fourth-order valence-corrected chi connectivity index (χ4v) is 3.20. The zero-order valence-corrected chi connectivity index (χ0v) is 15.6. The second kappa shape index (κ2) is 8.64. The van der Waals surface area contributed by atoms with E-state index in [1.54, 1.807) is 17.0 Å². The van der Waals surface area contributed by atoms with Gasteiger partial charge in [-0.15, -0.1) is 0 Å². The fraction of sp³-hybridized carbons (Fsp3) is 0.556. The van der Waals surface area contributed by atoms with E-state index < -0.39 is 10.8 Å². The number of nitro groups is 1. The number of hydrogen-bond acceptors (Lipinski definition) is 5. The first-order chi connectivity index (χ1) is 12.4. The van der Waals surface area contributed by atoms with E-state index in [2.05, 4.69) is 0 Å². The molecule has 2 amide bonds. The maximum Gasteiger partial charge on any atom is 0.293 e. The molecule has 1 aliphatic heterocycles. The lowest BCUT2D eigenvalue weighted by molar-refractivity contribution is -0.384. The number of hydrogen-bond donors (Lipinski definition) is 0. The maximum atomic E-state index is 12.6. The van der Waals surface area contributed by atoms with Crippen molar-refractivity contribution in [1.82, 2.24) is 9.80 Å². The number of benzene rings is 1. The number of nitrogens with zero attached hydrogens (tertiary/aromatic N) is 4. The molecule has 26 heavy (non-hydrogen) atoms. The molecule has 0 spiro atoms. The van der Waals surface area contributed by atoms with Gasteiger partial charge in [-0.1, -0.05) is 0 Å². The van der Waals surface area contributed by atoms with Crippen molar-refractivity contribution in [3.63, 3.8) is 0 Å². The summed E-state index contributed by atoms with van der Waals surface area (Å²) in [6.45, 7) is 6.43. The van der Waals surface area contributed by atoms with Crippen LogP contribution < -0.4 is 4.90 Å². The molecule has 8 heteroatoms. The predicted octanol–water partition coefficient (Wildman–Crippen LogP) is 2.14. The summed E-state index contributed by atoms with van der Waals surface area (Å²) in [4.78, 5) is 40.7. The lowest BCUT2D eigenvalue weighted by Crippen LogP contribution is -2.41. The molecular weight excluding hydrogens is 336 g/mol. The summed E-state index contributed by atoms with van der Waals surface area (Å²) in [6, 6.07) is 4.55. The molecule has 1 aromatic rings. The number of nitro benzene ring substituents is 1. The number of likely N-dealkylation sites (N-methyl/N-ethyl adjacent to an activating group) is 2. The summed E-state index contributed by atoms with van der Waals surface area (Å²) in [5.74, 6) is -0.546. The molecule has 1 fully saturated rings. The molecular formula is C18H26N4O4. The second-order valence-corrected chi connectivity index (χ2v) is 6.38. The first kappa shape index (κ1) is 19.7. The van der Waals surface area contributed by atoms with Crippen molar-refractivity contribution < 1.29 is 14.5 Å². The Hall–Kier alpha value is -2.64. The lowest BCUT2D eigenvalue weighted by Gasteiger charge is -2.23. The van der Waals surface area contributed by atoms with Crippen LogP contribution in [-0.4, -0.2) is 66.3 Å². The van der Waals surface area contributed by atoms with Gasteiger partial charge in [0.15, 0.2) is 0 Å². The number of carbonyl (C=O) groups is 2. The first-order valence-corrected chi connectivity index (χ1v) is 8.95. The summed E-state index contributed by atoms with van der Waals surface area (Å²) < 4.78 is 0. The van der Waals surface area contributed by atoms with Crippen LogP contribution in [0, 0.1) is 10.1 Å². The van der Waals surface area contributed by atoms with Gasteiger partial charge in [-0.05, 0) is 38.8 Å². The highest BCUT2D eigenvalue weighted by Crippen LogP contribution is 2.31. The molecule has 0 unspecified atom stereocenters. The van der Waals surface area contributed by atoms with Gasteiger partial charge in [0, 0.05) is 44.9 Å². The molecule has 0 aliphatic carbocycles. The fourth-order valence-electron chi connectivity index (χ4n) is 3.20. The van der Waals surface area contributed by atoms with Crippen LogP contribution in [0.5, 0.6) is 0 Å².